The number of nitrogens with zero attached hydrogens (tertiary/aromatic N) is 1. The molecule has 78 valence electrons. The lowest BCUT2D eigenvalue weighted by Gasteiger charge is -1.97. The highest BCUT2D eigenvalue weighted by molar-refractivity contribution is 6.08. The van der Waals surface area contributed by atoms with E-state index < -0.39 is 0 Å². The second-order valence-electron chi connectivity index (χ2n) is 3.84. The van der Waals surface area contributed by atoms with Gasteiger partial charge in [0.2, 0.25) is 0 Å². The van der Waals surface area contributed by atoms with Crippen LogP contribution >= 0.6 is 0 Å². The molecule has 0 aliphatic carbocycles. The van der Waals surface area contributed by atoms with E-state index in [0.29, 0.717) is 5.69 Å². The number of aryl methyl sites for hydroxylation is 1. The van der Waals surface area contributed by atoms with Gasteiger partial charge in [-0.1, -0.05) is 18.2 Å². The first kappa shape index (κ1) is 9.09. The molecule has 0 amide bonds. The Morgan fingerprint density at radius 2 is 2.06 bits per heavy atom. The van der Waals surface area contributed by atoms with Gasteiger partial charge in [0.05, 0.1) is 11.2 Å². The maximum Gasteiger partial charge on any atom is 0.168 e. The average Bonchev–Trinajstić information content (AvgIpc) is 2.68. The quantitative estimate of drug-likeness (QED) is 0.628. The molecule has 0 fully saturated rings. The van der Waals surface area contributed by atoms with Crippen molar-refractivity contribution in [3.8, 4) is 0 Å². The minimum absolute atomic E-state index is 0.481. The highest BCUT2D eigenvalue weighted by Crippen LogP contribution is 2.26. The molecule has 0 bridgehead atoms. The van der Waals surface area contributed by atoms with Crippen molar-refractivity contribution in [2.75, 3.05) is 0 Å². The van der Waals surface area contributed by atoms with Gasteiger partial charge in [0, 0.05) is 16.3 Å². The van der Waals surface area contributed by atoms with Gasteiger partial charge in [0.1, 0.15) is 5.69 Å². The molecule has 0 spiro atoms. The maximum atomic E-state index is 10.8. The summed E-state index contributed by atoms with van der Waals surface area (Å²) in [4.78, 5) is 18.3. The number of aldehydes is 1. The summed E-state index contributed by atoms with van der Waals surface area (Å²) < 4.78 is 0. The largest absolute Gasteiger partial charge is 0.353 e. The van der Waals surface area contributed by atoms with Crippen molar-refractivity contribution in [2.24, 2.45) is 0 Å². The molecule has 0 aliphatic heterocycles. The van der Waals surface area contributed by atoms with Gasteiger partial charge in [-0.2, -0.15) is 0 Å². The van der Waals surface area contributed by atoms with E-state index >= 15 is 0 Å². The molecule has 3 heteroatoms. The van der Waals surface area contributed by atoms with E-state index in [9.17, 15) is 4.79 Å². The van der Waals surface area contributed by atoms with Crippen molar-refractivity contribution < 1.29 is 4.79 Å². The smallest absolute Gasteiger partial charge is 0.168 e. The molecule has 0 saturated carbocycles. The summed E-state index contributed by atoms with van der Waals surface area (Å²) in [6, 6.07) is 9.87. The molecule has 2 heterocycles. The summed E-state index contributed by atoms with van der Waals surface area (Å²) in [5.41, 5.74) is 3.42. The molecule has 16 heavy (non-hydrogen) atoms. The molecule has 3 nitrogen and oxygen atoms in total. The fraction of sp³-hybridized carbons (Fsp3) is 0.0769. The number of aromatic amines is 1. The van der Waals surface area contributed by atoms with Crippen LogP contribution < -0.4 is 0 Å². The van der Waals surface area contributed by atoms with Crippen molar-refractivity contribution in [3.05, 3.63) is 41.7 Å². The number of aromatic nitrogens is 2. The number of benzene rings is 1. The fourth-order valence-corrected chi connectivity index (χ4v) is 2.09. The van der Waals surface area contributed by atoms with Crippen molar-refractivity contribution in [3.63, 3.8) is 0 Å². The zero-order chi connectivity index (χ0) is 11.1. The van der Waals surface area contributed by atoms with Gasteiger partial charge in [-0.3, -0.25) is 4.79 Å². The molecule has 0 saturated heterocycles. The lowest BCUT2D eigenvalue weighted by Crippen LogP contribution is -1.90. The van der Waals surface area contributed by atoms with E-state index in [-0.39, 0.29) is 0 Å². The Kier molecular flexibility index (Phi) is 1.80. The number of hydrogen-bond acceptors (Lipinski definition) is 2. The van der Waals surface area contributed by atoms with Crippen molar-refractivity contribution in [2.45, 2.75) is 6.92 Å². The number of fused-ring (bicyclic) bond motifs is 3. The van der Waals surface area contributed by atoms with Crippen LogP contribution in [0.25, 0.3) is 21.8 Å². The average molecular weight is 210 g/mol. The molecular weight excluding hydrogens is 200 g/mol. The van der Waals surface area contributed by atoms with Crippen LogP contribution in [0.2, 0.25) is 0 Å². The summed E-state index contributed by atoms with van der Waals surface area (Å²) in [6.07, 6.45) is 0.786. The number of pyridine rings is 1. The van der Waals surface area contributed by atoms with E-state index in [1.54, 1.807) is 0 Å². The second kappa shape index (κ2) is 3.17. The first-order valence-electron chi connectivity index (χ1n) is 5.13. The molecule has 1 aromatic carbocycles. The Morgan fingerprint density at radius 3 is 2.88 bits per heavy atom. The Labute approximate surface area is 92.1 Å². The number of hydrogen-bond donors (Lipinski definition) is 1. The van der Waals surface area contributed by atoms with Crippen LogP contribution in [0.15, 0.2) is 30.3 Å². The summed E-state index contributed by atoms with van der Waals surface area (Å²) in [7, 11) is 0. The van der Waals surface area contributed by atoms with Crippen LogP contribution in [0, 0.1) is 6.92 Å². The third-order valence-corrected chi connectivity index (χ3v) is 2.82. The molecule has 1 N–H and O–H groups in total. The Bertz CT molecular complexity index is 698. The van der Waals surface area contributed by atoms with Gasteiger partial charge >= 0.3 is 0 Å². The summed E-state index contributed by atoms with van der Waals surface area (Å²) in [6.45, 7) is 1.91. The first-order chi connectivity index (χ1) is 7.79. The predicted molar refractivity (Wildman–Crippen MR) is 63.7 cm³/mol. The van der Waals surface area contributed by atoms with Gasteiger partial charge < -0.3 is 4.98 Å². The molecular formula is C13H10N2O. The lowest BCUT2D eigenvalue weighted by atomic mass is 10.1. The normalized spacial score (nSPS) is 11.1. The van der Waals surface area contributed by atoms with Crippen LogP contribution in [0.4, 0.5) is 0 Å². The Balaban J connectivity index is 2.55. The number of carbonyl (C=O) groups excluding carboxylic acids is 1. The minimum Gasteiger partial charge on any atom is -0.353 e. The highest BCUT2D eigenvalue weighted by atomic mass is 16.1. The number of H-pyrrole nitrogens is 1. The van der Waals surface area contributed by atoms with Crippen LogP contribution in [-0.2, 0) is 0 Å². The van der Waals surface area contributed by atoms with E-state index in [0.717, 1.165) is 33.8 Å². The maximum absolute atomic E-state index is 10.8. The summed E-state index contributed by atoms with van der Waals surface area (Å²) in [5.74, 6) is 0. The van der Waals surface area contributed by atoms with Crippen LogP contribution in [0.3, 0.4) is 0 Å². The topological polar surface area (TPSA) is 45.8 Å². The van der Waals surface area contributed by atoms with Gasteiger partial charge in [-0.05, 0) is 19.1 Å². The summed E-state index contributed by atoms with van der Waals surface area (Å²) >= 11 is 0. The zero-order valence-electron chi connectivity index (χ0n) is 8.82. The molecule has 0 radical (unpaired) electrons. The van der Waals surface area contributed by atoms with E-state index in [4.69, 9.17) is 0 Å². The predicted octanol–water partition coefficient (Wildman–Crippen LogP) is 2.84. The third-order valence-electron chi connectivity index (χ3n) is 2.82. The van der Waals surface area contributed by atoms with Crippen molar-refractivity contribution in [1.29, 1.82) is 0 Å². The molecule has 0 aliphatic rings. The first-order valence-corrected chi connectivity index (χ1v) is 5.13. The van der Waals surface area contributed by atoms with Crippen LogP contribution in [-0.4, -0.2) is 16.3 Å². The van der Waals surface area contributed by atoms with E-state index in [1.165, 1.54) is 0 Å². The highest BCUT2D eigenvalue weighted by Gasteiger charge is 2.08. The van der Waals surface area contributed by atoms with Crippen LogP contribution in [0.5, 0.6) is 0 Å². The van der Waals surface area contributed by atoms with Gasteiger partial charge in [0.15, 0.2) is 6.29 Å². The van der Waals surface area contributed by atoms with E-state index in [1.807, 2.05) is 37.3 Å². The number of para-hydroxylation sites is 1. The van der Waals surface area contributed by atoms with Gasteiger partial charge in [0.25, 0.3) is 0 Å². The number of nitrogens with one attached hydrogen (secondary N) is 1. The standard InChI is InChI=1S/C13H10N2O/c1-8-13-11(6-9(7-16)14-8)10-4-2-3-5-12(10)15-13/h2-7,15H,1H3. The van der Waals surface area contributed by atoms with Gasteiger partial charge in [-0.25, -0.2) is 4.98 Å². The molecule has 2 aromatic heterocycles. The Morgan fingerprint density at radius 1 is 1.25 bits per heavy atom. The minimum atomic E-state index is 0.481. The zero-order valence-corrected chi connectivity index (χ0v) is 8.82. The SMILES string of the molecule is Cc1nc(C=O)cc2c1[nH]c1ccccc12. The molecule has 3 rings (SSSR count). The monoisotopic (exact) mass is 210 g/mol. The fourth-order valence-electron chi connectivity index (χ4n) is 2.09. The molecule has 3 aromatic rings. The van der Waals surface area contributed by atoms with E-state index in [2.05, 4.69) is 9.97 Å². The number of carbonyl (C=O) groups is 1. The Hall–Kier alpha value is -2.16. The van der Waals surface area contributed by atoms with Crippen molar-refractivity contribution in [1.82, 2.24) is 9.97 Å². The van der Waals surface area contributed by atoms with Crippen LogP contribution in [0.1, 0.15) is 16.2 Å². The number of rotatable bonds is 1. The molecule has 0 atom stereocenters. The second-order valence-corrected chi connectivity index (χ2v) is 3.84. The molecule has 0 unspecified atom stereocenters. The third kappa shape index (κ3) is 1.15. The summed E-state index contributed by atoms with van der Waals surface area (Å²) in [5, 5.41) is 2.19. The van der Waals surface area contributed by atoms with Gasteiger partial charge in [-0.15, -0.1) is 0 Å². The lowest BCUT2D eigenvalue weighted by molar-refractivity contribution is 0.111. The van der Waals surface area contributed by atoms with Crippen molar-refractivity contribution >= 4 is 28.1 Å².